The Morgan fingerprint density at radius 3 is 2.34 bits per heavy atom. The molecule has 4 rings (SSSR count). The number of thiazole rings is 1. The van der Waals surface area contributed by atoms with Gasteiger partial charge in [-0.05, 0) is 57.2 Å². The van der Waals surface area contributed by atoms with E-state index in [0.29, 0.717) is 50.0 Å². The first-order valence-electron chi connectivity index (χ1n) is 11.1. The average molecular weight is 456 g/mol. The van der Waals surface area contributed by atoms with Gasteiger partial charge in [0.15, 0.2) is 16.6 Å². The maximum atomic E-state index is 13.1. The molecule has 0 radical (unpaired) electrons. The summed E-state index contributed by atoms with van der Waals surface area (Å²) in [7, 11) is 0. The summed E-state index contributed by atoms with van der Waals surface area (Å²) in [6.07, 6.45) is 0. The number of piperazine rings is 1. The fourth-order valence-corrected chi connectivity index (χ4v) is 4.80. The minimum absolute atomic E-state index is 0.0132. The van der Waals surface area contributed by atoms with Gasteiger partial charge in [-0.15, -0.1) is 0 Å². The quantitative estimate of drug-likeness (QED) is 0.500. The second-order valence-corrected chi connectivity index (χ2v) is 8.37. The first-order valence-corrected chi connectivity index (χ1v) is 11.9. The molecule has 1 aliphatic heterocycles. The highest BCUT2D eigenvalue weighted by atomic mass is 32.1. The van der Waals surface area contributed by atoms with E-state index in [0.717, 1.165) is 34.2 Å². The van der Waals surface area contributed by atoms with Gasteiger partial charge in [-0.2, -0.15) is 0 Å². The van der Waals surface area contributed by atoms with Gasteiger partial charge in [0.05, 0.1) is 30.0 Å². The van der Waals surface area contributed by atoms with Crippen molar-refractivity contribution in [2.24, 2.45) is 0 Å². The van der Waals surface area contributed by atoms with Gasteiger partial charge < -0.3 is 24.0 Å². The molecule has 0 saturated carbocycles. The monoisotopic (exact) mass is 455 g/mol. The number of fused-ring (bicyclic) bond motifs is 1. The maximum Gasteiger partial charge on any atom is 0.254 e. The summed E-state index contributed by atoms with van der Waals surface area (Å²) in [6.45, 7) is 10.3. The zero-order valence-corrected chi connectivity index (χ0v) is 19.6. The molecule has 2 aromatic carbocycles. The second kappa shape index (κ2) is 10.1. The van der Waals surface area contributed by atoms with Crippen molar-refractivity contribution in [2.75, 3.05) is 50.9 Å². The molecule has 2 heterocycles. The summed E-state index contributed by atoms with van der Waals surface area (Å²) in [5, 5.41) is 0.987. The molecule has 1 fully saturated rings. The molecular formula is C24H29N3O4S. The average Bonchev–Trinajstić information content (AvgIpc) is 3.24. The predicted octanol–water partition coefficient (Wildman–Crippen LogP) is 4.45. The number of hydrogen-bond acceptors (Lipinski definition) is 7. The molecule has 1 aliphatic rings. The van der Waals surface area contributed by atoms with Gasteiger partial charge in [0.2, 0.25) is 0 Å². The molecule has 1 saturated heterocycles. The highest BCUT2D eigenvalue weighted by Crippen LogP contribution is 2.32. The van der Waals surface area contributed by atoms with Crippen molar-refractivity contribution in [2.45, 2.75) is 20.8 Å². The lowest BCUT2D eigenvalue weighted by Gasteiger charge is -2.34. The highest BCUT2D eigenvalue weighted by Gasteiger charge is 2.25. The van der Waals surface area contributed by atoms with Gasteiger partial charge in [0, 0.05) is 31.7 Å². The smallest absolute Gasteiger partial charge is 0.254 e. The van der Waals surface area contributed by atoms with Crippen LogP contribution in [0, 0.1) is 0 Å². The zero-order valence-electron chi connectivity index (χ0n) is 18.8. The number of aromatic nitrogens is 1. The van der Waals surface area contributed by atoms with Gasteiger partial charge in [-0.3, -0.25) is 4.79 Å². The van der Waals surface area contributed by atoms with E-state index < -0.39 is 0 Å². The Balaban J connectivity index is 1.42. The molecule has 0 spiro atoms. The summed E-state index contributed by atoms with van der Waals surface area (Å²) >= 11 is 1.66. The van der Waals surface area contributed by atoms with Gasteiger partial charge in [0.1, 0.15) is 5.75 Å². The highest BCUT2D eigenvalue weighted by molar-refractivity contribution is 7.22. The minimum atomic E-state index is 0.0132. The third-order valence-corrected chi connectivity index (χ3v) is 6.37. The number of anilines is 1. The Morgan fingerprint density at radius 1 is 0.906 bits per heavy atom. The Hall–Kier alpha value is -3.00. The lowest BCUT2D eigenvalue weighted by atomic mass is 10.1. The largest absolute Gasteiger partial charge is 0.494 e. The van der Waals surface area contributed by atoms with Crippen molar-refractivity contribution in [3.63, 3.8) is 0 Å². The van der Waals surface area contributed by atoms with E-state index in [1.807, 2.05) is 56.0 Å². The summed E-state index contributed by atoms with van der Waals surface area (Å²) in [6, 6.07) is 11.4. The van der Waals surface area contributed by atoms with Crippen LogP contribution in [0.5, 0.6) is 17.2 Å². The topological polar surface area (TPSA) is 64.1 Å². The van der Waals surface area contributed by atoms with Crippen LogP contribution < -0.4 is 19.1 Å². The van der Waals surface area contributed by atoms with Gasteiger partial charge in [-0.25, -0.2) is 4.98 Å². The normalized spacial score (nSPS) is 14.0. The van der Waals surface area contributed by atoms with Crippen LogP contribution in [0.2, 0.25) is 0 Å². The molecule has 0 N–H and O–H groups in total. The molecule has 0 aliphatic carbocycles. The summed E-state index contributed by atoms with van der Waals surface area (Å²) in [5.41, 5.74) is 1.60. The first kappa shape index (κ1) is 22.2. The number of rotatable bonds is 8. The summed E-state index contributed by atoms with van der Waals surface area (Å²) in [5.74, 6) is 2.16. The Morgan fingerprint density at radius 2 is 1.62 bits per heavy atom. The van der Waals surface area contributed by atoms with E-state index in [9.17, 15) is 4.79 Å². The van der Waals surface area contributed by atoms with E-state index in [-0.39, 0.29) is 5.91 Å². The number of benzene rings is 2. The lowest BCUT2D eigenvalue weighted by molar-refractivity contribution is 0.0746. The fourth-order valence-electron chi connectivity index (χ4n) is 3.75. The van der Waals surface area contributed by atoms with Crippen LogP contribution >= 0.6 is 11.3 Å². The number of amides is 1. The van der Waals surface area contributed by atoms with Crippen molar-refractivity contribution in [3.05, 3.63) is 42.0 Å². The number of carbonyl (C=O) groups is 1. The van der Waals surface area contributed by atoms with Crippen molar-refractivity contribution in [3.8, 4) is 17.2 Å². The standard InChI is InChI=1S/C24H29N3O4S/c1-4-29-18-8-9-19-22(16-18)32-24(25-19)27-13-11-26(12-14-27)23(28)17-7-10-20(30-5-2)21(15-17)31-6-3/h7-10,15-16H,4-6,11-14H2,1-3H3. The first-order chi connectivity index (χ1) is 15.6. The molecule has 1 amide bonds. The van der Waals surface area contributed by atoms with Crippen LogP contribution in [0.15, 0.2) is 36.4 Å². The van der Waals surface area contributed by atoms with Gasteiger partial charge in [-0.1, -0.05) is 11.3 Å². The molecule has 170 valence electrons. The third-order valence-electron chi connectivity index (χ3n) is 5.29. The van der Waals surface area contributed by atoms with Crippen LogP contribution in [0.1, 0.15) is 31.1 Å². The molecule has 8 heteroatoms. The van der Waals surface area contributed by atoms with Crippen molar-refractivity contribution in [1.29, 1.82) is 0 Å². The maximum absolute atomic E-state index is 13.1. The lowest BCUT2D eigenvalue weighted by Crippen LogP contribution is -2.48. The van der Waals surface area contributed by atoms with Crippen molar-refractivity contribution < 1.29 is 19.0 Å². The van der Waals surface area contributed by atoms with Gasteiger partial charge in [0.25, 0.3) is 5.91 Å². The SMILES string of the molecule is CCOc1ccc2nc(N3CCN(C(=O)c4ccc(OCC)c(OCC)c4)CC3)sc2c1. The number of carbonyl (C=O) groups excluding carboxylic acids is 1. The molecule has 32 heavy (non-hydrogen) atoms. The Kier molecular flexibility index (Phi) is 6.99. The molecule has 3 aromatic rings. The van der Waals surface area contributed by atoms with E-state index in [1.54, 1.807) is 17.4 Å². The minimum Gasteiger partial charge on any atom is -0.494 e. The van der Waals surface area contributed by atoms with Crippen molar-refractivity contribution >= 4 is 32.6 Å². The molecule has 0 unspecified atom stereocenters. The predicted molar refractivity (Wildman–Crippen MR) is 128 cm³/mol. The number of ether oxygens (including phenoxy) is 3. The number of hydrogen-bond donors (Lipinski definition) is 0. The molecule has 0 bridgehead atoms. The van der Waals surface area contributed by atoms with Crippen LogP contribution in [0.4, 0.5) is 5.13 Å². The zero-order chi connectivity index (χ0) is 22.5. The van der Waals surface area contributed by atoms with E-state index in [1.165, 1.54) is 0 Å². The van der Waals surface area contributed by atoms with Crippen LogP contribution in [-0.2, 0) is 0 Å². The van der Waals surface area contributed by atoms with Gasteiger partial charge >= 0.3 is 0 Å². The molecule has 0 atom stereocenters. The van der Waals surface area contributed by atoms with Crippen LogP contribution in [0.3, 0.4) is 0 Å². The Bertz CT molecular complexity index is 1080. The molecule has 7 nitrogen and oxygen atoms in total. The van der Waals surface area contributed by atoms with Crippen LogP contribution in [-0.4, -0.2) is 61.8 Å². The number of nitrogens with zero attached hydrogens (tertiary/aromatic N) is 3. The Labute approximate surface area is 192 Å². The van der Waals surface area contributed by atoms with E-state index in [4.69, 9.17) is 19.2 Å². The second-order valence-electron chi connectivity index (χ2n) is 7.37. The van der Waals surface area contributed by atoms with E-state index >= 15 is 0 Å². The molecule has 1 aromatic heterocycles. The summed E-state index contributed by atoms with van der Waals surface area (Å²) in [4.78, 5) is 22.0. The van der Waals surface area contributed by atoms with E-state index in [2.05, 4.69) is 4.90 Å². The molecular weight excluding hydrogens is 426 g/mol. The summed E-state index contributed by atoms with van der Waals surface area (Å²) < 4.78 is 18.0. The third kappa shape index (κ3) is 4.75. The van der Waals surface area contributed by atoms with Crippen molar-refractivity contribution in [1.82, 2.24) is 9.88 Å². The van der Waals surface area contributed by atoms with Crippen LogP contribution in [0.25, 0.3) is 10.2 Å². The fraction of sp³-hybridized carbons (Fsp3) is 0.417.